The minimum absolute atomic E-state index is 0.0109. The Morgan fingerprint density at radius 2 is 2.04 bits per heavy atom. The van der Waals surface area contributed by atoms with Gasteiger partial charge >= 0.3 is 0 Å². The molecule has 0 radical (unpaired) electrons. The second-order valence-corrected chi connectivity index (χ2v) is 6.96. The Balaban J connectivity index is 1.87. The van der Waals surface area contributed by atoms with E-state index < -0.39 is 0 Å². The number of amides is 2. The SMILES string of the molecule is CCCNC(=O)CNC(=O)CSc1ncnc2sc(CC)cc12. The van der Waals surface area contributed by atoms with E-state index in [9.17, 15) is 9.59 Å². The first-order valence-corrected chi connectivity index (χ1v) is 9.33. The third-order valence-electron chi connectivity index (χ3n) is 3.05. The summed E-state index contributed by atoms with van der Waals surface area (Å²) in [5, 5.41) is 7.12. The highest BCUT2D eigenvalue weighted by molar-refractivity contribution is 8.00. The Kier molecular flexibility index (Phi) is 6.79. The van der Waals surface area contributed by atoms with E-state index in [1.807, 2.05) is 6.92 Å². The molecule has 6 nitrogen and oxygen atoms in total. The molecule has 0 bridgehead atoms. The zero-order valence-corrected chi connectivity index (χ0v) is 14.9. The number of carbonyl (C=O) groups excluding carboxylic acids is 2. The van der Waals surface area contributed by atoms with Gasteiger partial charge in [0, 0.05) is 16.8 Å². The normalized spacial score (nSPS) is 10.7. The van der Waals surface area contributed by atoms with Crippen LogP contribution in [0.2, 0.25) is 0 Å². The van der Waals surface area contributed by atoms with Crippen molar-refractivity contribution in [2.24, 2.45) is 0 Å². The van der Waals surface area contributed by atoms with Crippen LogP contribution in [-0.4, -0.2) is 40.6 Å². The van der Waals surface area contributed by atoms with E-state index in [0.717, 1.165) is 28.1 Å². The van der Waals surface area contributed by atoms with Gasteiger partial charge in [-0.05, 0) is 18.9 Å². The van der Waals surface area contributed by atoms with Gasteiger partial charge < -0.3 is 10.6 Å². The molecule has 2 heterocycles. The maximum Gasteiger partial charge on any atom is 0.239 e. The van der Waals surface area contributed by atoms with Crippen LogP contribution in [0.1, 0.15) is 25.1 Å². The molecule has 8 heteroatoms. The molecule has 2 rings (SSSR count). The van der Waals surface area contributed by atoms with Crippen LogP contribution in [0, 0.1) is 0 Å². The van der Waals surface area contributed by atoms with Crippen molar-refractivity contribution in [3.8, 4) is 0 Å². The molecular formula is C15H20N4O2S2. The molecule has 0 spiro atoms. The maximum absolute atomic E-state index is 11.8. The molecule has 2 aromatic heterocycles. The van der Waals surface area contributed by atoms with Gasteiger partial charge in [-0.2, -0.15) is 0 Å². The molecule has 23 heavy (non-hydrogen) atoms. The second-order valence-electron chi connectivity index (χ2n) is 4.88. The fourth-order valence-electron chi connectivity index (χ4n) is 1.86. The van der Waals surface area contributed by atoms with Crippen LogP contribution < -0.4 is 10.6 Å². The highest BCUT2D eigenvalue weighted by Gasteiger charge is 2.11. The molecule has 0 aliphatic heterocycles. The number of rotatable bonds is 8. The Hall–Kier alpha value is -1.67. The van der Waals surface area contributed by atoms with Gasteiger partial charge in [-0.15, -0.1) is 11.3 Å². The van der Waals surface area contributed by atoms with E-state index in [2.05, 4.69) is 33.6 Å². The number of carbonyl (C=O) groups is 2. The number of fused-ring (bicyclic) bond motifs is 1. The Morgan fingerprint density at radius 3 is 2.78 bits per heavy atom. The standard InChI is InChI=1S/C15H20N4O2S2/c1-3-5-16-12(20)7-17-13(21)8-22-14-11-6-10(4-2)23-15(11)19-9-18-14/h6,9H,3-5,7-8H2,1-2H3,(H,16,20)(H,17,21). The fourth-order valence-corrected chi connectivity index (χ4v) is 3.67. The number of hydrogen-bond acceptors (Lipinski definition) is 6. The summed E-state index contributed by atoms with van der Waals surface area (Å²) in [5.74, 6) is -0.121. The minimum Gasteiger partial charge on any atom is -0.355 e. The third kappa shape index (κ3) is 5.18. The van der Waals surface area contributed by atoms with Crippen molar-refractivity contribution in [3.05, 3.63) is 17.3 Å². The zero-order valence-electron chi connectivity index (χ0n) is 13.2. The summed E-state index contributed by atoms with van der Waals surface area (Å²) in [6, 6.07) is 2.08. The van der Waals surface area contributed by atoms with Crippen LogP contribution in [0.4, 0.5) is 0 Å². The van der Waals surface area contributed by atoms with E-state index in [1.54, 1.807) is 11.3 Å². The Labute approximate surface area is 143 Å². The summed E-state index contributed by atoms with van der Waals surface area (Å²) in [7, 11) is 0. The topological polar surface area (TPSA) is 84.0 Å². The molecule has 0 saturated carbocycles. The lowest BCUT2D eigenvalue weighted by Gasteiger charge is -2.06. The predicted molar refractivity (Wildman–Crippen MR) is 93.8 cm³/mol. The van der Waals surface area contributed by atoms with Gasteiger partial charge in [-0.1, -0.05) is 25.6 Å². The van der Waals surface area contributed by atoms with Gasteiger partial charge in [0.25, 0.3) is 0 Å². The van der Waals surface area contributed by atoms with E-state index in [1.165, 1.54) is 23.0 Å². The monoisotopic (exact) mass is 352 g/mol. The molecule has 0 fully saturated rings. The highest BCUT2D eigenvalue weighted by Crippen LogP contribution is 2.30. The van der Waals surface area contributed by atoms with Crippen molar-refractivity contribution in [1.82, 2.24) is 20.6 Å². The van der Waals surface area contributed by atoms with E-state index in [4.69, 9.17) is 0 Å². The first kappa shape index (κ1) is 17.7. The van der Waals surface area contributed by atoms with E-state index >= 15 is 0 Å². The van der Waals surface area contributed by atoms with Crippen LogP contribution in [0.15, 0.2) is 17.4 Å². The molecule has 124 valence electrons. The largest absolute Gasteiger partial charge is 0.355 e. The Morgan fingerprint density at radius 1 is 1.22 bits per heavy atom. The molecule has 0 aliphatic carbocycles. The highest BCUT2D eigenvalue weighted by atomic mass is 32.2. The first-order chi connectivity index (χ1) is 11.1. The fraction of sp³-hybridized carbons (Fsp3) is 0.467. The van der Waals surface area contributed by atoms with Crippen molar-refractivity contribution in [3.63, 3.8) is 0 Å². The molecule has 0 aromatic carbocycles. The molecule has 0 unspecified atom stereocenters. The number of thiophene rings is 1. The summed E-state index contributed by atoms with van der Waals surface area (Å²) in [5.41, 5.74) is 0. The minimum atomic E-state index is -0.181. The summed E-state index contributed by atoms with van der Waals surface area (Å²) < 4.78 is 0. The molecule has 2 N–H and O–H groups in total. The van der Waals surface area contributed by atoms with Crippen molar-refractivity contribution in [1.29, 1.82) is 0 Å². The number of aryl methyl sites for hydroxylation is 1. The van der Waals surface area contributed by atoms with Crippen LogP contribution in [0.25, 0.3) is 10.2 Å². The lowest BCUT2D eigenvalue weighted by Crippen LogP contribution is -2.37. The van der Waals surface area contributed by atoms with Crippen LogP contribution >= 0.6 is 23.1 Å². The van der Waals surface area contributed by atoms with Crippen molar-refractivity contribution in [2.75, 3.05) is 18.8 Å². The predicted octanol–water partition coefficient (Wildman–Crippen LogP) is 1.99. The number of aromatic nitrogens is 2. The van der Waals surface area contributed by atoms with Crippen molar-refractivity contribution < 1.29 is 9.59 Å². The molecule has 0 atom stereocenters. The van der Waals surface area contributed by atoms with Crippen LogP contribution in [0.3, 0.4) is 0 Å². The third-order valence-corrected chi connectivity index (χ3v) is 5.24. The van der Waals surface area contributed by atoms with E-state index in [0.29, 0.717) is 6.54 Å². The van der Waals surface area contributed by atoms with Gasteiger partial charge in [0.15, 0.2) is 0 Å². The summed E-state index contributed by atoms with van der Waals surface area (Å²) in [4.78, 5) is 34.0. The molecule has 2 aromatic rings. The number of hydrogen-bond donors (Lipinski definition) is 2. The van der Waals surface area contributed by atoms with Crippen molar-refractivity contribution >= 4 is 45.1 Å². The van der Waals surface area contributed by atoms with Gasteiger partial charge in [0.05, 0.1) is 12.3 Å². The van der Waals surface area contributed by atoms with Gasteiger partial charge in [-0.25, -0.2) is 9.97 Å². The van der Waals surface area contributed by atoms with Crippen LogP contribution in [0.5, 0.6) is 0 Å². The average molecular weight is 352 g/mol. The van der Waals surface area contributed by atoms with Gasteiger partial charge in [0.2, 0.25) is 11.8 Å². The number of nitrogens with one attached hydrogen (secondary N) is 2. The molecule has 0 saturated heterocycles. The molecule has 2 amide bonds. The second kappa shape index (κ2) is 8.83. The van der Waals surface area contributed by atoms with Gasteiger partial charge in [-0.3, -0.25) is 9.59 Å². The zero-order chi connectivity index (χ0) is 16.7. The smallest absolute Gasteiger partial charge is 0.239 e. The summed E-state index contributed by atoms with van der Waals surface area (Å²) in [6.45, 7) is 4.71. The summed E-state index contributed by atoms with van der Waals surface area (Å²) in [6.07, 6.45) is 3.36. The molecular weight excluding hydrogens is 332 g/mol. The lowest BCUT2D eigenvalue weighted by molar-refractivity contribution is -0.124. The quantitative estimate of drug-likeness (QED) is 0.561. The van der Waals surface area contributed by atoms with Gasteiger partial charge in [0.1, 0.15) is 16.2 Å². The summed E-state index contributed by atoms with van der Waals surface area (Å²) >= 11 is 3.01. The average Bonchev–Trinajstić information content (AvgIpc) is 3.00. The number of nitrogens with zero attached hydrogens (tertiary/aromatic N) is 2. The first-order valence-electron chi connectivity index (χ1n) is 7.53. The Bertz CT molecular complexity index is 687. The van der Waals surface area contributed by atoms with Crippen molar-refractivity contribution in [2.45, 2.75) is 31.7 Å². The maximum atomic E-state index is 11.8. The lowest BCUT2D eigenvalue weighted by atomic mass is 10.3. The molecule has 0 aliphatic rings. The number of thioether (sulfide) groups is 1. The van der Waals surface area contributed by atoms with Crippen LogP contribution in [-0.2, 0) is 16.0 Å². The van der Waals surface area contributed by atoms with E-state index in [-0.39, 0.29) is 24.1 Å².